The fourth-order valence-electron chi connectivity index (χ4n) is 1.61. The lowest BCUT2D eigenvalue weighted by Crippen LogP contribution is -2.24. The second-order valence-electron chi connectivity index (χ2n) is 5.62. The highest BCUT2D eigenvalue weighted by molar-refractivity contribution is 5.90. The minimum Gasteiger partial charge on any atom is -0.508 e. The van der Waals surface area contributed by atoms with Gasteiger partial charge in [0.1, 0.15) is 11.4 Å². The van der Waals surface area contributed by atoms with Crippen molar-refractivity contribution in [1.29, 1.82) is 0 Å². The van der Waals surface area contributed by atoms with Crippen molar-refractivity contribution in [1.82, 2.24) is 0 Å². The maximum absolute atomic E-state index is 11.9. The van der Waals surface area contributed by atoms with Crippen molar-refractivity contribution >= 4 is 5.97 Å². The van der Waals surface area contributed by atoms with Gasteiger partial charge in [0.15, 0.2) is 0 Å². The molecule has 3 nitrogen and oxygen atoms in total. The lowest BCUT2D eigenvalue weighted by Gasteiger charge is -2.20. The molecule has 0 aliphatic rings. The summed E-state index contributed by atoms with van der Waals surface area (Å²) in [5.41, 5.74) is 0.831. The van der Waals surface area contributed by atoms with Crippen molar-refractivity contribution in [2.45, 2.75) is 52.6 Å². The summed E-state index contributed by atoms with van der Waals surface area (Å²) >= 11 is 0. The average Bonchev–Trinajstić information content (AvgIpc) is 2.24. The third kappa shape index (κ3) is 4.06. The van der Waals surface area contributed by atoms with Crippen molar-refractivity contribution in [2.75, 3.05) is 0 Å². The summed E-state index contributed by atoms with van der Waals surface area (Å²) in [4.78, 5) is 11.9. The molecule has 1 aromatic rings. The summed E-state index contributed by atoms with van der Waals surface area (Å²) < 4.78 is 5.30. The van der Waals surface area contributed by atoms with Crippen LogP contribution < -0.4 is 0 Å². The van der Waals surface area contributed by atoms with E-state index in [1.54, 1.807) is 12.1 Å². The molecule has 100 valence electrons. The van der Waals surface area contributed by atoms with Crippen LogP contribution in [0.3, 0.4) is 0 Å². The molecule has 1 unspecified atom stereocenters. The lowest BCUT2D eigenvalue weighted by atomic mass is 9.96. The lowest BCUT2D eigenvalue weighted by molar-refractivity contribution is 0.00690. The zero-order valence-electron chi connectivity index (χ0n) is 11.8. The summed E-state index contributed by atoms with van der Waals surface area (Å²) in [5, 5.41) is 9.68. The normalized spacial score (nSPS) is 13.2. The summed E-state index contributed by atoms with van der Waals surface area (Å²) in [5.74, 6) is 0.00917. The minimum atomic E-state index is -0.529. The molecule has 0 saturated heterocycles. The molecule has 0 spiro atoms. The molecule has 0 fully saturated rings. The Morgan fingerprint density at radius 2 is 1.94 bits per heavy atom. The van der Waals surface area contributed by atoms with E-state index in [-0.39, 0.29) is 5.75 Å². The van der Waals surface area contributed by atoms with E-state index in [1.807, 2.05) is 20.8 Å². The highest BCUT2D eigenvalue weighted by Gasteiger charge is 2.19. The van der Waals surface area contributed by atoms with Gasteiger partial charge in [-0.2, -0.15) is 0 Å². The van der Waals surface area contributed by atoms with Crippen LogP contribution in [0, 0.1) is 0 Å². The van der Waals surface area contributed by atoms with Crippen LogP contribution in [0.4, 0.5) is 0 Å². The Bertz CT molecular complexity index is 430. The Morgan fingerprint density at radius 3 is 2.44 bits per heavy atom. The molecule has 0 bridgehead atoms. The number of aromatic hydroxyl groups is 1. The molecule has 1 N–H and O–H groups in total. The summed E-state index contributed by atoms with van der Waals surface area (Å²) in [6.07, 6.45) is 0.956. The van der Waals surface area contributed by atoms with Gasteiger partial charge in [-0.3, -0.25) is 0 Å². The number of phenolic OH excluding ortho intramolecular Hbond substituents is 1. The molecule has 3 heteroatoms. The van der Waals surface area contributed by atoms with E-state index >= 15 is 0 Å². The first-order chi connectivity index (χ1) is 8.23. The fraction of sp³-hybridized carbons (Fsp3) is 0.533. The maximum Gasteiger partial charge on any atom is 0.338 e. The van der Waals surface area contributed by atoms with Gasteiger partial charge >= 0.3 is 5.97 Å². The van der Waals surface area contributed by atoms with E-state index in [0.717, 1.165) is 12.0 Å². The number of carbonyl (C=O) groups is 1. The van der Waals surface area contributed by atoms with E-state index in [1.165, 1.54) is 6.07 Å². The predicted octanol–water partition coefficient (Wildman–Crippen LogP) is 3.86. The van der Waals surface area contributed by atoms with Gasteiger partial charge < -0.3 is 9.84 Å². The van der Waals surface area contributed by atoms with E-state index in [9.17, 15) is 9.90 Å². The highest BCUT2D eigenvalue weighted by atomic mass is 16.6. The molecule has 0 aromatic heterocycles. The van der Waals surface area contributed by atoms with Gasteiger partial charge in [-0.05, 0) is 56.9 Å². The van der Waals surface area contributed by atoms with Crippen molar-refractivity contribution in [2.24, 2.45) is 0 Å². The smallest absolute Gasteiger partial charge is 0.338 e. The molecule has 0 amide bonds. The van der Waals surface area contributed by atoms with Gasteiger partial charge in [0, 0.05) is 0 Å². The monoisotopic (exact) mass is 250 g/mol. The van der Waals surface area contributed by atoms with Crippen LogP contribution in [0.5, 0.6) is 5.75 Å². The van der Waals surface area contributed by atoms with E-state index < -0.39 is 11.6 Å². The van der Waals surface area contributed by atoms with Crippen LogP contribution >= 0.6 is 0 Å². The fourth-order valence-corrected chi connectivity index (χ4v) is 1.61. The Labute approximate surface area is 109 Å². The van der Waals surface area contributed by atoms with Crippen LogP contribution in [0.25, 0.3) is 0 Å². The molecule has 18 heavy (non-hydrogen) atoms. The molecule has 0 radical (unpaired) electrons. The predicted molar refractivity (Wildman–Crippen MR) is 72.0 cm³/mol. The largest absolute Gasteiger partial charge is 0.508 e. The number of phenols is 1. The quantitative estimate of drug-likeness (QED) is 0.828. The number of rotatable bonds is 3. The minimum absolute atomic E-state index is 0.105. The van der Waals surface area contributed by atoms with Gasteiger partial charge in [-0.15, -0.1) is 0 Å². The first-order valence-electron chi connectivity index (χ1n) is 6.30. The Morgan fingerprint density at radius 1 is 1.33 bits per heavy atom. The standard InChI is InChI=1S/C15H22O3/c1-6-10(2)11-7-12(9-13(16)8-11)14(17)18-15(3,4)5/h7-10,16H,6H2,1-5H3. The topological polar surface area (TPSA) is 46.5 Å². The second-order valence-corrected chi connectivity index (χ2v) is 5.62. The zero-order valence-corrected chi connectivity index (χ0v) is 11.8. The van der Waals surface area contributed by atoms with Crippen LogP contribution in [0.15, 0.2) is 18.2 Å². The van der Waals surface area contributed by atoms with Gasteiger partial charge in [0.05, 0.1) is 5.56 Å². The van der Waals surface area contributed by atoms with Gasteiger partial charge in [-0.1, -0.05) is 13.8 Å². The number of esters is 1. The van der Waals surface area contributed by atoms with Crippen molar-refractivity contribution in [3.63, 3.8) is 0 Å². The van der Waals surface area contributed by atoms with E-state index in [0.29, 0.717) is 11.5 Å². The van der Waals surface area contributed by atoms with Crippen LogP contribution in [-0.4, -0.2) is 16.7 Å². The molecular formula is C15H22O3. The molecule has 0 aliphatic heterocycles. The van der Waals surface area contributed by atoms with E-state index in [2.05, 4.69) is 13.8 Å². The SMILES string of the molecule is CCC(C)c1cc(O)cc(C(=O)OC(C)(C)C)c1. The van der Waals surface area contributed by atoms with Crippen LogP contribution in [0.2, 0.25) is 0 Å². The Balaban J connectivity index is 3.03. The molecule has 1 aromatic carbocycles. The molecule has 1 rings (SSSR count). The molecular weight excluding hydrogens is 228 g/mol. The Kier molecular flexibility index (Phi) is 4.38. The summed E-state index contributed by atoms with van der Waals surface area (Å²) in [6, 6.07) is 4.93. The second kappa shape index (κ2) is 5.42. The number of ether oxygens (including phenoxy) is 1. The molecule has 0 saturated carbocycles. The molecule has 0 heterocycles. The number of benzene rings is 1. The highest BCUT2D eigenvalue weighted by Crippen LogP contribution is 2.25. The number of hydrogen-bond donors (Lipinski definition) is 1. The molecule has 1 atom stereocenters. The van der Waals surface area contributed by atoms with Crippen molar-refractivity contribution in [3.8, 4) is 5.75 Å². The average molecular weight is 250 g/mol. The third-order valence-corrected chi connectivity index (χ3v) is 2.76. The van der Waals surface area contributed by atoms with Gasteiger partial charge in [-0.25, -0.2) is 4.79 Å². The van der Waals surface area contributed by atoms with E-state index in [4.69, 9.17) is 4.74 Å². The Hall–Kier alpha value is -1.51. The summed E-state index contributed by atoms with van der Waals surface area (Å²) in [6.45, 7) is 9.60. The van der Waals surface area contributed by atoms with Crippen LogP contribution in [-0.2, 0) is 4.74 Å². The number of carbonyl (C=O) groups excluding carboxylic acids is 1. The third-order valence-electron chi connectivity index (χ3n) is 2.76. The van der Waals surface area contributed by atoms with Gasteiger partial charge in [0.25, 0.3) is 0 Å². The van der Waals surface area contributed by atoms with Crippen molar-refractivity contribution < 1.29 is 14.6 Å². The first-order valence-corrected chi connectivity index (χ1v) is 6.30. The van der Waals surface area contributed by atoms with Crippen LogP contribution in [0.1, 0.15) is 62.9 Å². The van der Waals surface area contributed by atoms with Crippen molar-refractivity contribution in [3.05, 3.63) is 29.3 Å². The molecule has 0 aliphatic carbocycles. The summed E-state index contributed by atoms with van der Waals surface area (Å²) in [7, 11) is 0. The first kappa shape index (κ1) is 14.6. The number of hydrogen-bond acceptors (Lipinski definition) is 3. The zero-order chi connectivity index (χ0) is 13.9. The maximum atomic E-state index is 11.9. The van der Waals surface area contributed by atoms with Gasteiger partial charge in [0.2, 0.25) is 0 Å².